The molecule has 0 amide bonds. The Morgan fingerprint density at radius 2 is 1.50 bits per heavy atom. The predicted molar refractivity (Wildman–Crippen MR) is 48.5 cm³/mol. The molecule has 0 unspecified atom stereocenters. The first-order valence-corrected chi connectivity index (χ1v) is 20.4. The highest BCUT2D eigenvalue weighted by Crippen LogP contribution is 1.62. The van der Waals surface area contributed by atoms with E-state index in [9.17, 15) is 0 Å². The molecule has 1 heterocycles. The van der Waals surface area contributed by atoms with Gasteiger partial charge < -0.3 is 0 Å². The van der Waals surface area contributed by atoms with E-state index in [4.69, 9.17) is 0 Å². The fourth-order valence-corrected chi connectivity index (χ4v) is 101. The summed E-state index contributed by atoms with van der Waals surface area (Å²) in [4.78, 5) is 0. The van der Waals surface area contributed by atoms with Gasteiger partial charge in [0, 0.05) is 0 Å². The van der Waals surface area contributed by atoms with Crippen LogP contribution in [0.5, 0.6) is 0 Å². The van der Waals surface area contributed by atoms with Gasteiger partial charge in [-0.3, -0.25) is 0 Å². The summed E-state index contributed by atoms with van der Waals surface area (Å²) in [5, 5.41) is 0. The summed E-state index contributed by atoms with van der Waals surface area (Å²) < 4.78 is 0. The minimum Gasteiger partial charge on any atom is -0.0308 e. The molecule has 1 saturated heterocycles. The Morgan fingerprint density at radius 1 is 0.833 bits per heavy atom. The minimum absolute atomic E-state index is 0.681. The van der Waals surface area contributed by atoms with Crippen LogP contribution in [0.15, 0.2) is 0 Å². The lowest BCUT2D eigenvalue weighted by Crippen LogP contribution is -2.38. The maximum atomic E-state index is 2.83. The van der Waals surface area contributed by atoms with E-state index in [1.54, 1.807) is 0 Å². The first-order chi connectivity index (χ1) is 3.00. The van der Waals surface area contributed by atoms with Gasteiger partial charge in [-0.15, -0.1) is 0 Å². The van der Waals surface area contributed by atoms with Crippen molar-refractivity contribution in [1.29, 1.82) is 0 Å². The maximum Gasteiger partial charge on any atom is 0.0745 e. The third-order valence-electron chi connectivity index (χ3n) is 1.32. The van der Waals surface area contributed by atoms with Crippen molar-refractivity contribution < 1.29 is 0 Å². The Bertz CT molecular complexity index is 19.4. The van der Waals surface area contributed by atoms with Crippen LogP contribution in [-0.2, 0) is 0 Å². The van der Waals surface area contributed by atoms with Crippen LogP contribution in [0.1, 0.15) is 0 Å². The summed E-state index contributed by atoms with van der Waals surface area (Å²) in [6.07, 6.45) is 0. The van der Waals surface area contributed by atoms with Crippen molar-refractivity contribution >= 4 is 49.9 Å². The Kier molecular flexibility index (Phi) is 2.81. The molecule has 0 N–H and O–H groups in total. The molecule has 6 heteroatoms. The highest BCUT2D eigenvalue weighted by atomic mass is 29.8. The lowest BCUT2D eigenvalue weighted by molar-refractivity contribution is 3.75. The van der Waals surface area contributed by atoms with Crippen LogP contribution in [0.2, 0.25) is 0 Å². The molecule has 1 rings (SSSR count). The molecule has 0 spiro atoms. The van der Waals surface area contributed by atoms with Crippen molar-refractivity contribution in [3.05, 3.63) is 0 Å². The van der Waals surface area contributed by atoms with Crippen LogP contribution in [0.4, 0.5) is 0 Å². The zero-order chi connectivity index (χ0) is 4.24. The number of hydrogen-bond donors (Lipinski definition) is 0. The summed E-state index contributed by atoms with van der Waals surface area (Å²) in [5.41, 5.74) is 0. The number of rotatable bonds is 0. The molecular weight excluding hydrogens is 151 g/mol. The van der Waals surface area contributed by atoms with E-state index in [1.165, 1.54) is 0 Å². The average Bonchev–Trinajstić information content (AvgIpc) is 1.72. The SMILES string of the molecule is [B]1[SiH2][SiH2][SiH2][SiH2][SiH2]1. The van der Waals surface area contributed by atoms with E-state index in [0.717, 1.165) is 25.7 Å². The van der Waals surface area contributed by atoms with Crippen molar-refractivity contribution in [3.8, 4) is 0 Å². The molecule has 1 radical (unpaired) electrons. The third-order valence-corrected chi connectivity index (χ3v) is 62.5. The molecule has 0 saturated carbocycles. The second kappa shape index (κ2) is 3.19. The van der Waals surface area contributed by atoms with Gasteiger partial charge in [-0.2, -0.15) is 0 Å². The van der Waals surface area contributed by atoms with Gasteiger partial charge in [0.1, 0.15) is 0 Å². The van der Waals surface area contributed by atoms with E-state index in [-0.39, 0.29) is 0 Å². The molecule has 6 heavy (non-hydrogen) atoms. The van der Waals surface area contributed by atoms with Crippen molar-refractivity contribution in [1.82, 2.24) is 0 Å². The monoisotopic (exact) mass is 161 g/mol. The summed E-state index contributed by atoms with van der Waals surface area (Å²) >= 11 is 0. The van der Waals surface area contributed by atoms with Crippen LogP contribution < -0.4 is 0 Å². The maximum absolute atomic E-state index is 2.83. The molecule has 0 aromatic heterocycles. The van der Waals surface area contributed by atoms with Gasteiger partial charge in [-0.25, -0.2) is 0 Å². The second-order valence-corrected chi connectivity index (χ2v) is 36.4. The first kappa shape index (κ1) is 5.29. The fraction of sp³-hybridized carbons (Fsp3) is 0. The van der Waals surface area contributed by atoms with Crippen molar-refractivity contribution in [2.75, 3.05) is 0 Å². The van der Waals surface area contributed by atoms with Gasteiger partial charge in [0.25, 0.3) is 0 Å². The first-order valence-electron chi connectivity index (χ1n) is 2.82. The van der Waals surface area contributed by atoms with E-state index in [0.29, 0.717) is 17.8 Å². The topological polar surface area (TPSA) is 0 Å². The molecule has 33 valence electrons. The molecule has 1 fully saturated rings. The quantitative estimate of drug-likeness (QED) is 0.312. The highest BCUT2D eigenvalue weighted by Gasteiger charge is 2.00. The smallest absolute Gasteiger partial charge is 0.0308 e. The van der Waals surface area contributed by atoms with Crippen molar-refractivity contribution in [2.45, 2.75) is 0 Å². The largest absolute Gasteiger partial charge is 0.0745 e. The van der Waals surface area contributed by atoms with Crippen LogP contribution in [-0.4, -0.2) is 49.9 Å². The molecule has 0 aromatic carbocycles. The summed E-state index contributed by atoms with van der Waals surface area (Å²) in [6.45, 7) is 2.83. The Balaban J connectivity index is 2.00. The zero-order valence-corrected chi connectivity index (χ0v) is 11.2. The molecule has 0 aliphatic carbocycles. The molecular formula is H10BSi5. The summed E-state index contributed by atoms with van der Waals surface area (Å²) in [6, 6.07) is 0. The Hall–Kier alpha value is 1.15. The van der Waals surface area contributed by atoms with Gasteiger partial charge in [0.15, 0.2) is 0 Å². The van der Waals surface area contributed by atoms with Crippen molar-refractivity contribution in [3.63, 3.8) is 0 Å². The molecule has 0 bridgehead atoms. The zero-order valence-electron chi connectivity index (χ0n) is 4.11. The standard InChI is InChI=1S/BH10Si5/c1-2-4-6-5-3-1/h2-6H2. The van der Waals surface area contributed by atoms with Gasteiger partial charge in [-0.05, 0) is 43.5 Å². The molecule has 0 atom stereocenters. The highest BCUT2D eigenvalue weighted by molar-refractivity contribution is 7.76. The molecule has 1 aliphatic rings. The Morgan fingerprint density at radius 3 is 1.67 bits per heavy atom. The molecule has 0 aromatic rings. The van der Waals surface area contributed by atoms with Gasteiger partial charge in [0.05, 0.1) is 6.46 Å². The summed E-state index contributed by atoms with van der Waals surface area (Å²) in [5.74, 6) is 0. The lowest BCUT2D eigenvalue weighted by Gasteiger charge is -2.00. The van der Waals surface area contributed by atoms with Crippen LogP contribution >= 0.6 is 0 Å². The van der Waals surface area contributed by atoms with E-state index in [2.05, 4.69) is 6.46 Å². The van der Waals surface area contributed by atoms with Crippen LogP contribution in [0, 0.1) is 0 Å². The fourth-order valence-electron chi connectivity index (χ4n) is 0.898. The lowest BCUT2D eigenvalue weighted by atomic mass is 10.7. The van der Waals surface area contributed by atoms with Crippen LogP contribution in [0.25, 0.3) is 0 Å². The van der Waals surface area contributed by atoms with E-state index in [1.807, 2.05) is 0 Å². The van der Waals surface area contributed by atoms with E-state index >= 15 is 0 Å². The third kappa shape index (κ3) is 1.73. The van der Waals surface area contributed by atoms with Crippen molar-refractivity contribution in [2.24, 2.45) is 0 Å². The van der Waals surface area contributed by atoms with Gasteiger partial charge in [0.2, 0.25) is 0 Å². The molecule has 1 aliphatic heterocycles. The Labute approximate surface area is 50.3 Å². The minimum atomic E-state index is 0.681. The van der Waals surface area contributed by atoms with Gasteiger partial charge >= 0.3 is 0 Å². The van der Waals surface area contributed by atoms with E-state index < -0.39 is 0 Å². The molecule has 0 nitrogen and oxygen atoms in total. The summed E-state index contributed by atoms with van der Waals surface area (Å²) in [7, 11) is 3.89. The predicted octanol–water partition coefficient (Wildman–Crippen LogP) is -4.96. The van der Waals surface area contributed by atoms with Gasteiger partial charge in [-0.1, -0.05) is 0 Å². The number of hydrogen-bond acceptors (Lipinski definition) is 0. The normalized spacial score (nSPS) is 42.7. The second-order valence-electron chi connectivity index (χ2n) is 1.93. The average molecular weight is 161 g/mol. The van der Waals surface area contributed by atoms with Crippen LogP contribution in [0.3, 0.4) is 0 Å².